The van der Waals surface area contributed by atoms with Gasteiger partial charge in [0.1, 0.15) is 13.2 Å². The van der Waals surface area contributed by atoms with Crippen molar-refractivity contribution >= 4 is 11.8 Å². The first-order valence-corrected chi connectivity index (χ1v) is 7.70. The Kier molecular flexibility index (Phi) is 5.36. The topological polar surface area (TPSA) is 64.7 Å². The molecular weight excluding hydrogens is 262 g/mol. The first kappa shape index (κ1) is 14.5. The van der Waals surface area contributed by atoms with Crippen LogP contribution in [0.2, 0.25) is 0 Å². The number of aliphatic hydroxyl groups is 1. The summed E-state index contributed by atoms with van der Waals surface area (Å²) in [4.78, 5) is 0. The van der Waals surface area contributed by atoms with Crippen molar-refractivity contribution in [1.29, 1.82) is 0 Å². The third-order valence-corrected chi connectivity index (χ3v) is 4.41. The SMILES string of the molecule is CC(CO)CSCC(N)c1ccc2c(c1)OCCO2. The maximum absolute atomic E-state index is 8.97. The van der Waals surface area contributed by atoms with E-state index in [1.54, 1.807) is 11.8 Å². The lowest BCUT2D eigenvalue weighted by molar-refractivity contribution is 0.171. The molecule has 19 heavy (non-hydrogen) atoms. The fourth-order valence-electron chi connectivity index (χ4n) is 1.84. The van der Waals surface area contributed by atoms with Crippen LogP contribution in [-0.2, 0) is 0 Å². The van der Waals surface area contributed by atoms with Crippen molar-refractivity contribution < 1.29 is 14.6 Å². The van der Waals surface area contributed by atoms with Gasteiger partial charge >= 0.3 is 0 Å². The van der Waals surface area contributed by atoms with E-state index in [0.29, 0.717) is 19.1 Å². The molecular formula is C14H21NO3S. The highest BCUT2D eigenvalue weighted by molar-refractivity contribution is 7.99. The summed E-state index contributed by atoms with van der Waals surface area (Å²) in [5.41, 5.74) is 7.24. The molecule has 0 spiro atoms. The molecule has 0 amide bonds. The molecule has 0 radical (unpaired) electrons. The van der Waals surface area contributed by atoms with Gasteiger partial charge in [0.25, 0.3) is 0 Å². The normalized spacial score (nSPS) is 17.0. The molecule has 0 saturated carbocycles. The second kappa shape index (κ2) is 7.03. The van der Waals surface area contributed by atoms with Crippen LogP contribution in [0.3, 0.4) is 0 Å². The Bertz CT molecular complexity index is 414. The zero-order chi connectivity index (χ0) is 13.7. The monoisotopic (exact) mass is 283 g/mol. The first-order valence-electron chi connectivity index (χ1n) is 6.54. The van der Waals surface area contributed by atoms with Crippen LogP contribution in [0.4, 0.5) is 0 Å². The number of rotatable bonds is 6. The van der Waals surface area contributed by atoms with Gasteiger partial charge in [-0.2, -0.15) is 11.8 Å². The average Bonchev–Trinajstić information content (AvgIpc) is 2.46. The zero-order valence-corrected chi connectivity index (χ0v) is 12.0. The molecule has 0 aliphatic carbocycles. The van der Waals surface area contributed by atoms with Crippen LogP contribution in [-0.4, -0.2) is 36.4 Å². The van der Waals surface area contributed by atoms with Gasteiger partial charge < -0.3 is 20.3 Å². The van der Waals surface area contributed by atoms with Gasteiger partial charge in [-0.1, -0.05) is 13.0 Å². The van der Waals surface area contributed by atoms with Crippen molar-refractivity contribution in [3.63, 3.8) is 0 Å². The van der Waals surface area contributed by atoms with E-state index in [0.717, 1.165) is 28.6 Å². The Morgan fingerprint density at radius 2 is 2.00 bits per heavy atom. The number of thioether (sulfide) groups is 1. The number of fused-ring (bicyclic) bond motifs is 1. The van der Waals surface area contributed by atoms with Crippen molar-refractivity contribution in [3.8, 4) is 11.5 Å². The van der Waals surface area contributed by atoms with E-state index in [2.05, 4.69) is 0 Å². The predicted octanol–water partition coefficient (Wildman–Crippen LogP) is 1.82. The van der Waals surface area contributed by atoms with Crippen molar-refractivity contribution in [2.45, 2.75) is 13.0 Å². The summed E-state index contributed by atoms with van der Waals surface area (Å²) in [5, 5.41) is 8.97. The van der Waals surface area contributed by atoms with Crippen molar-refractivity contribution in [3.05, 3.63) is 23.8 Å². The molecule has 0 fully saturated rings. The van der Waals surface area contributed by atoms with Gasteiger partial charge in [-0.15, -0.1) is 0 Å². The molecule has 0 saturated heterocycles. The smallest absolute Gasteiger partial charge is 0.161 e. The van der Waals surface area contributed by atoms with Crippen LogP contribution in [0.25, 0.3) is 0 Å². The first-order chi connectivity index (χ1) is 9.20. The van der Waals surface area contributed by atoms with Gasteiger partial charge in [0.05, 0.1) is 0 Å². The van der Waals surface area contributed by atoms with Crippen LogP contribution in [0, 0.1) is 5.92 Å². The van der Waals surface area contributed by atoms with E-state index in [1.807, 2.05) is 25.1 Å². The average molecular weight is 283 g/mol. The lowest BCUT2D eigenvalue weighted by Crippen LogP contribution is -2.18. The Labute approximate surface area is 118 Å². The van der Waals surface area contributed by atoms with Gasteiger partial charge in [0, 0.05) is 18.4 Å². The lowest BCUT2D eigenvalue weighted by atomic mass is 10.1. The fourth-order valence-corrected chi connectivity index (χ4v) is 2.93. The van der Waals surface area contributed by atoms with E-state index >= 15 is 0 Å². The zero-order valence-electron chi connectivity index (χ0n) is 11.2. The summed E-state index contributed by atoms with van der Waals surface area (Å²) in [5.74, 6) is 3.66. The molecule has 1 heterocycles. The summed E-state index contributed by atoms with van der Waals surface area (Å²) in [7, 11) is 0. The Morgan fingerprint density at radius 1 is 1.26 bits per heavy atom. The lowest BCUT2D eigenvalue weighted by Gasteiger charge is -2.20. The van der Waals surface area contributed by atoms with Gasteiger partial charge in [-0.25, -0.2) is 0 Å². The van der Waals surface area contributed by atoms with Crippen molar-refractivity contribution in [2.24, 2.45) is 11.7 Å². The highest BCUT2D eigenvalue weighted by Crippen LogP contribution is 2.32. The van der Waals surface area contributed by atoms with Crippen LogP contribution in [0.5, 0.6) is 11.5 Å². The fraction of sp³-hybridized carbons (Fsp3) is 0.571. The predicted molar refractivity (Wildman–Crippen MR) is 77.9 cm³/mol. The van der Waals surface area contributed by atoms with E-state index in [4.69, 9.17) is 20.3 Å². The summed E-state index contributed by atoms with van der Waals surface area (Å²) in [6.07, 6.45) is 0. The van der Waals surface area contributed by atoms with E-state index in [1.165, 1.54) is 0 Å². The Balaban J connectivity index is 1.90. The van der Waals surface area contributed by atoms with Gasteiger partial charge in [-0.3, -0.25) is 0 Å². The third-order valence-electron chi connectivity index (χ3n) is 3.01. The molecule has 3 N–H and O–H groups in total. The largest absolute Gasteiger partial charge is 0.486 e. The van der Waals surface area contributed by atoms with Crippen molar-refractivity contribution in [2.75, 3.05) is 31.3 Å². The number of hydrogen-bond acceptors (Lipinski definition) is 5. The van der Waals surface area contributed by atoms with Gasteiger partial charge in [0.2, 0.25) is 0 Å². The second-order valence-electron chi connectivity index (χ2n) is 4.83. The summed E-state index contributed by atoms with van der Waals surface area (Å²) < 4.78 is 11.0. The number of nitrogens with two attached hydrogens (primary N) is 1. The molecule has 5 heteroatoms. The third kappa shape index (κ3) is 4.03. The minimum absolute atomic E-state index is 0.0216. The van der Waals surface area contributed by atoms with Crippen LogP contribution in [0.15, 0.2) is 18.2 Å². The van der Waals surface area contributed by atoms with Crippen LogP contribution < -0.4 is 15.2 Å². The van der Waals surface area contributed by atoms with Crippen LogP contribution >= 0.6 is 11.8 Å². The van der Waals surface area contributed by atoms with Gasteiger partial charge in [-0.05, 0) is 29.4 Å². The molecule has 2 unspecified atom stereocenters. The van der Waals surface area contributed by atoms with Crippen LogP contribution in [0.1, 0.15) is 18.5 Å². The van der Waals surface area contributed by atoms with Gasteiger partial charge in [0.15, 0.2) is 11.5 Å². The minimum atomic E-state index is -0.0216. The molecule has 4 nitrogen and oxygen atoms in total. The van der Waals surface area contributed by atoms with E-state index in [9.17, 15) is 0 Å². The van der Waals surface area contributed by atoms with E-state index in [-0.39, 0.29) is 12.6 Å². The number of hydrogen-bond donors (Lipinski definition) is 2. The highest BCUT2D eigenvalue weighted by Gasteiger charge is 2.15. The summed E-state index contributed by atoms with van der Waals surface area (Å²) in [6, 6.07) is 5.86. The maximum atomic E-state index is 8.97. The molecule has 2 rings (SSSR count). The number of benzene rings is 1. The summed E-state index contributed by atoms with van der Waals surface area (Å²) >= 11 is 1.77. The molecule has 0 bridgehead atoms. The summed E-state index contributed by atoms with van der Waals surface area (Å²) in [6.45, 7) is 3.45. The van der Waals surface area contributed by atoms with Crippen molar-refractivity contribution in [1.82, 2.24) is 0 Å². The Hall–Kier alpha value is -0.910. The molecule has 1 aromatic rings. The quantitative estimate of drug-likeness (QED) is 0.833. The standard InChI is InChI=1S/C14H21NO3S/c1-10(7-16)8-19-9-12(15)11-2-3-13-14(6-11)18-5-4-17-13/h2-3,6,10,12,16H,4-5,7-9,15H2,1H3. The molecule has 2 atom stereocenters. The number of aliphatic hydroxyl groups excluding tert-OH is 1. The minimum Gasteiger partial charge on any atom is -0.486 e. The Morgan fingerprint density at radius 3 is 2.74 bits per heavy atom. The highest BCUT2D eigenvalue weighted by atomic mass is 32.2. The molecule has 1 aliphatic rings. The second-order valence-corrected chi connectivity index (χ2v) is 5.91. The number of ether oxygens (including phenoxy) is 2. The van der Waals surface area contributed by atoms with E-state index < -0.39 is 0 Å². The molecule has 0 aromatic heterocycles. The maximum Gasteiger partial charge on any atom is 0.161 e. The molecule has 106 valence electrons. The molecule has 1 aromatic carbocycles. The molecule has 1 aliphatic heterocycles.